The summed E-state index contributed by atoms with van der Waals surface area (Å²) in [5.41, 5.74) is 1.58. The number of para-hydroxylation sites is 1. The van der Waals surface area contributed by atoms with Gasteiger partial charge in [-0.3, -0.25) is 4.79 Å². The lowest BCUT2D eigenvalue weighted by atomic mass is 9.85. The summed E-state index contributed by atoms with van der Waals surface area (Å²) < 4.78 is 11.0. The minimum absolute atomic E-state index is 0.0337. The molecule has 0 bridgehead atoms. The second-order valence-corrected chi connectivity index (χ2v) is 9.97. The molecule has 2 aromatic rings. The van der Waals surface area contributed by atoms with Gasteiger partial charge in [0.15, 0.2) is 23.6 Å². The first-order valence-corrected chi connectivity index (χ1v) is 13.0. The molecule has 0 radical (unpaired) electrons. The number of nitrogens with one attached hydrogen (secondary N) is 1. The molecule has 2 aliphatic rings. The van der Waals surface area contributed by atoms with Gasteiger partial charge in [-0.2, -0.15) is 0 Å². The van der Waals surface area contributed by atoms with Crippen LogP contribution in [0.15, 0.2) is 53.4 Å². The quantitative estimate of drug-likeness (QED) is 0.447. The van der Waals surface area contributed by atoms with E-state index in [4.69, 9.17) is 14.6 Å². The molecule has 2 fully saturated rings. The van der Waals surface area contributed by atoms with Crippen LogP contribution in [0.2, 0.25) is 0 Å². The number of amides is 1. The van der Waals surface area contributed by atoms with E-state index in [1.54, 1.807) is 12.1 Å². The third-order valence-corrected chi connectivity index (χ3v) is 7.46. The zero-order chi connectivity index (χ0) is 24.8. The highest BCUT2D eigenvalue weighted by Gasteiger charge is 2.42. The average molecular weight is 497 g/mol. The van der Waals surface area contributed by atoms with Crippen molar-refractivity contribution >= 4 is 35.4 Å². The Morgan fingerprint density at radius 3 is 2.63 bits per heavy atom. The predicted molar refractivity (Wildman–Crippen MR) is 138 cm³/mol. The van der Waals surface area contributed by atoms with Gasteiger partial charge in [0.2, 0.25) is 0 Å². The van der Waals surface area contributed by atoms with Crippen molar-refractivity contribution < 1.29 is 24.2 Å². The molecule has 186 valence electrons. The number of anilines is 1. The van der Waals surface area contributed by atoms with Crippen LogP contribution >= 0.6 is 11.8 Å². The van der Waals surface area contributed by atoms with E-state index in [1.165, 1.54) is 18.2 Å². The van der Waals surface area contributed by atoms with E-state index in [0.717, 1.165) is 30.5 Å². The molecule has 1 saturated heterocycles. The molecule has 1 aliphatic carbocycles. The largest absolute Gasteiger partial charge is 0.490 e. The fraction of sp³-hybridized carbons (Fsp3) is 0.407. The van der Waals surface area contributed by atoms with Gasteiger partial charge in [-0.1, -0.05) is 55.8 Å². The molecule has 1 saturated carbocycles. The molecule has 3 atom stereocenters. The summed E-state index contributed by atoms with van der Waals surface area (Å²) in [4.78, 5) is 27.3. The molecule has 4 rings (SSSR count). The summed E-state index contributed by atoms with van der Waals surface area (Å²) in [5.74, 6) is 0.244. The highest BCUT2D eigenvalue weighted by atomic mass is 32.2. The van der Waals surface area contributed by atoms with Gasteiger partial charge in [-0.15, -0.1) is 0 Å². The van der Waals surface area contributed by atoms with E-state index in [2.05, 4.69) is 12.2 Å². The third-order valence-electron chi connectivity index (χ3n) is 6.34. The van der Waals surface area contributed by atoms with Gasteiger partial charge in [0.25, 0.3) is 5.91 Å². The Labute approximate surface area is 210 Å². The van der Waals surface area contributed by atoms with E-state index < -0.39 is 12.6 Å². The number of hydrogen-bond donors (Lipinski definition) is 2. The number of thioether (sulfide) groups is 1. The van der Waals surface area contributed by atoms with Crippen molar-refractivity contribution in [2.45, 2.75) is 51.1 Å². The number of carboxylic acid groups (broad SMARTS) is 1. The molecule has 1 amide bonds. The van der Waals surface area contributed by atoms with Gasteiger partial charge in [0.05, 0.1) is 11.5 Å². The molecule has 7 nitrogen and oxygen atoms in total. The van der Waals surface area contributed by atoms with Crippen LogP contribution in [-0.4, -0.2) is 46.6 Å². The Balaban J connectivity index is 1.62. The first-order valence-electron chi connectivity index (χ1n) is 12.1. The van der Waals surface area contributed by atoms with Crippen molar-refractivity contribution in [2.24, 2.45) is 5.92 Å². The van der Waals surface area contributed by atoms with Gasteiger partial charge >= 0.3 is 5.97 Å². The molecule has 1 unspecified atom stereocenters. The van der Waals surface area contributed by atoms with Crippen LogP contribution in [0.4, 0.5) is 5.69 Å². The number of nitrogens with zero attached hydrogens (tertiary/aromatic N) is 1. The molecule has 0 aromatic heterocycles. The summed E-state index contributed by atoms with van der Waals surface area (Å²) in [7, 11) is 0. The number of carbonyl (C=O) groups excluding carboxylic acids is 1. The summed E-state index contributed by atoms with van der Waals surface area (Å²) in [6.07, 6.45) is 6.37. The lowest BCUT2D eigenvalue weighted by molar-refractivity contribution is -0.139. The van der Waals surface area contributed by atoms with Crippen LogP contribution < -0.4 is 14.8 Å². The first kappa shape index (κ1) is 25.0. The van der Waals surface area contributed by atoms with Crippen molar-refractivity contribution in [1.29, 1.82) is 0 Å². The molecule has 1 heterocycles. The van der Waals surface area contributed by atoms with E-state index in [-0.39, 0.29) is 17.4 Å². The second kappa shape index (κ2) is 11.5. The Bertz CT molecular complexity index is 1070. The topological polar surface area (TPSA) is 88.1 Å². The SMILES string of the molecule is CCOc1cc(/C=C2\SC(Nc3ccccc3)N([C@H]3CCCC[C@@H]3C)C2=O)ccc1OCC(=O)O. The molecular formula is C27H32N2O5S. The van der Waals surface area contributed by atoms with Crippen LogP contribution in [0.25, 0.3) is 6.08 Å². The fourth-order valence-electron chi connectivity index (χ4n) is 4.66. The molecule has 2 N–H and O–H groups in total. The maximum atomic E-state index is 13.7. The van der Waals surface area contributed by atoms with E-state index in [0.29, 0.717) is 28.9 Å². The van der Waals surface area contributed by atoms with Crippen molar-refractivity contribution in [1.82, 2.24) is 4.90 Å². The monoisotopic (exact) mass is 496 g/mol. The molecular weight excluding hydrogens is 464 g/mol. The maximum Gasteiger partial charge on any atom is 0.341 e. The van der Waals surface area contributed by atoms with Crippen molar-refractivity contribution in [3.05, 3.63) is 59.0 Å². The molecule has 35 heavy (non-hydrogen) atoms. The number of benzene rings is 2. The number of carboxylic acids is 1. The van der Waals surface area contributed by atoms with Gasteiger partial charge in [0, 0.05) is 11.7 Å². The highest BCUT2D eigenvalue weighted by molar-refractivity contribution is 8.05. The van der Waals surface area contributed by atoms with Gasteiger partial charge in [-0.05, 0) is 61.6 Å². The van der Waals surface area contributed by atoms with Crippen LogP contribution in [0, 0.1) is 5.92 Å². The number of rotatable bonds is 9. The Morgan fingerprint density at radius 1 is 1.14 bits per heavy atom. The fourth-order valence-corrected chi connectivity index (χ4v) is 5.87. The van der Waals surface area contributed by atoms with Crippen LogP contribution in [0.3, 0.4) is 0 Å². The van der Waals surface area contributed by atoms with Gasteiger partial charge in [-0.25, -0.2) is 4.79 Å². The van der Waals surface area contributed by atoms with Crippen LogP contribution in [0.1, 0.15) is 45.1 Å². The van der Waals surface area contributed by atoms with E-state index in [9.17, 15) is 9.59 Å². The van der Waals surface area contributed by atoms with Crippen molar-refractivity contribution in [3.63, 3.8) is 0 Å². The minimum atomic E-state index is -1.06. The Hall–Kier alpha value is -3.13. The highest BCUT2D eigenvalue weighted by Crippen LogP contribution is 2.42. The standard InChI is InChI=1S/C27H32N2O5S/c1-3-33-23-15-19(13-14-22(23)34-17-25(30)31)16-24-26(32)29(21-12-8-7-9-18(21)2)27(35-24)28-20-10-5-4-6-11-20/h4-6,10-11,13-16,18,21,27-28H,3,7-9,12,17H2,1-2H3,(H,30,31)/b24-16-/t18-,21-,27?/m0/s1. The van der Waals surface area contributed by atoms with Gasteiger partial charge < -0.3 is 24.8 Å². The number of carbonyl (C=O) groups is 2. The minimum Gasteiger partial charge on any atom is -0.490 e. The summed E-state index contributed by atoms with van der Waals surface area (Å²) in [6.45, 7) is 4.06. The van der Waals surface area contributed by atoms with Crippen molar-refractivity contribution in [2.75, 3.05) is 18.5 Å². The predicted octanol–water partition coefficient (Wildman–Crippen LogP) is 5.44. The van der Waals surface area contributed by atoms with Crippen molar-refractivity contribution in [3.8, 4) is 11.5 Å². The normalized spacial score (nSPS) is 23.4. The van der Waals surface area contributed by atoms with Crippen LogP contribution in [-0.2, 0) is 9.59 Å². The molecule has 2 aromatic carbocycles. The average Bonchev–Trinajstić information content (AvgIpc) is 3.14. The van der Waals surface area contributed by atoms with Gasteiger partial charge in [0.1, 0.15) is 0 Å². The van der Waals surface area contributed by atoms with E-state index in [1.807, 2.05) is 54.3 Å². The zero-order valence-corrected chi connectivity index (χ0v) is 20.9. The van der Waals surface area contributed by atoms with Crippen LogP contribution in [0.5, 0.6) is 11.5 Å². The van der Waals surface area contributed by atoms with E-state index >= 15 is 0 Å². The zero-order valence-electron chi connectivity index (χ0n) is 20.1. The number of hydrogen-bond acceptors (Lipinski definition) is 6. The molecule has 0 spiro atoms. The lowest BCUT2D eigenvalue weighted by Gasteiger charge is -2.39. The third kappa shape index (κ3) is 6.11. The second-order valence-electron chi connectivity index (χ2n) is 8.85. The first-order chi connectivity index (χ1) is 17.0. The lowest BCUT2D eigenvalue weighted by Crippen LogP contribution is -2.48. The molecule has 1 aliphatic heterocycles. The number of aliphatic carboxylic acids is 1. The number of ether oxygens (including phenoxy) is 2. The smallest absolute Gasteiger partial charge is 0.341 e. The summed E-state index contributed by atoms with van der Waals surface area (Å²) in [5, 5.41) is 12.5. The Morgan fingerprint density at radius 2 is 1.91 bits per heavy atom. The maximum absolute atomic E-state index is 13.7. The summed E-state index contributed by atoms with van der Waals surface area (Å²) >= 11 is 1.53. The Kier molecular flexibility index (Phi) is 8.23. The summed E-state index contributed by atoms with van der Waals surface area (Å²) in [6, 6.07) is 15.4. The molecule has 8 heteroatoms.